The summed E-state index contributed by atoms with van der Waals surface area (Å²) >= 11 is 7.13. The van der Waals surface area contributed by atoms with Crippen LogP contribution in [0, 0.1) is 0 Å². The van der Waals surface area contributed by atoms with Crippen LogP contribution in [0.5, 0.6) is 0 Å². The molecule has 122 valence electrons. The number of amides is 1. The lowest BCUT2D eigenvalue weighted by atomic mass is 10.2. The minimum absolute atomic E-state index is 0.119. The lowest BCUT2D eigenvalue weighted by Crippen LogP contribution is -3.12. The second-order valence-corrected chi connectivity index (χ2v) is 6.87. The molecule has 0 saturated carbocycles. The van der Waals surface area contributed by atoms with Gasteiger partial charge in [0.05, 0.1) is 39.0 Å². The molecule has 3 rings (SSSR count). The molecular weight excluding hydrogens is 336 g/mol. The third kappa shape index (κ3) is 4.25. The Balaban J connectivity index is 1.55. The number of rotatable bonds is 4. The largest absolute Gasteiger partial charge is 0.411 e. The first-order valence-electron chi connectivity index (χ1n) is 7.43. The fourth-order valence-electron chi connectivity index (χ4n) is 2.33. The quantitative estimate of drug-likeness (QED) is 0.825. The topological polar surface area (TPSA) is 63.7 Å². The van der Waals surface area contributed by atoms with Crippen LogP contribution in [0.1, 0.15) is 0 Å². The number of halogens is 1. The van der Waals surface area contributed by atoms with Gasteiger partial charge < -0.3 is 14.2 Å². The predicted octanol–water partition coefficient (Wildman–Crippen LogP) is 0.839. The van der Waals surface area contributed by atoms with E-state index in [1.807, 2.05) is 17.0 Å². The number of carbonyl (C=O) groups is 1. The summed E-state index contributed by atoms with van der Waals surface area (Å²) in [5, 5.41) is 9.05. The first-order chi connectivity index (χ1) is 11.1. The Bertz CT molecular complexity index is 668. The van der Waals surface area contributed by atoms with Crippen molar-refractivity contribution in [1.29, 1.82) is 0 Å². The van der Waals surface area contributed by atoms with Gasteiger partial charge in [-0.1, -0.05) is 23.4 Å². The van der Waals surface area contributed by atoms with E-state index in [0.29, 0.717) is 21.9 Å². The molecule has 0 spiro atoms. The lowest BCUT2D eigenvalue weighted by molar-refractivity contribution is -0.883. The third-order valence-corrected chi connectivity index (χ3v) is 4.84. The summed E-state index contributed by atoms with van der Waals surface area (Å²) in [6, 6.07) is 7.18. The van der Waals surface area contributed by atoms with Gasteiger partial charge in [0.1, 0.15) is 0 Å². The molecule has 8 heteroatoms. The number of nitrogens with one attached hydrogen (secondary N) is 1. The van der Waals surface area contributed by atoms with E-state index in [4.69, 9.17) is 16.0 Å². The van der Waals surface area contributed by atoms with Crippen LogP contribution in [-0.2, 0) is 4.79 Å². The fraction of sp³-hybridized carbons (Fsp3) is 0.400. The van der Waals surface area contributed by atoms with E-state index in [9.17, 15) is 4.79 Å². The highest BCUT2D eigenvalue weighted by molar-refractivity contribution is 7.99. The Morgan fingerprint density at radius 2 is 2.00 bits per heavy atom. The molecule has 23 heavy (non-hydrogen) atoms. The van der Waals surface area contributed by atoms with Gasteiger partial charge in [-0.05, 0) is 24.3 Å². The minimum Gasteiger partial charge on any atom is -0.411 e. The van der Waals surface area contributed by atoms with E-state index < -0.39 is 0 Å². The number of quaternary nitrogens is 1. The summed E-state index contributed by atoms with van der Waals surface area (Å²) in [7, 11) is 2.15. The monoisotopic (exact) mass is 353 g/mol. The number of hydrogen-bond donors (Lipinski definition) is 1. The SMILES string of the molecule is C[NH+]1CCN(C(=O)CSc2nnc(-c3ccc(Cl)cc3)o2)CC1. The molecule has 1 fully saturated rings. The van der Waals surface area contributed by atoms with E-state index in [1.165, 1.54) is 16.7 Å². The van der Waals surface area contributed by atoms with Gasteiger partial charge in [-0.15, -0.1) is 10.2 Å². The number of aromatic nitrogens is 2. The summed E-state index contributed by atoms with van der Waals surface area (Å²) in [5.41, 5.74) is 0.808. The Kier molecular flexibility index (Phi) is 5.20. The number of hydrogen-bond acceptors (Lipinski definition) is 5. The summed E-state index contributed by atoms with van der Waals surface area (Å²) in [6.45, 7) is 3.62. The first kappa shape index (κ1) is 16.3. The first-order valence-corrected chi connectivity index (χ1v) is 8.79. The van der Waals surface area contributed by atoms with Crippen molar-refractivity contribution in [2.24, 2.45) is 0 Å². The minimum atomic E-state index is 0.119. The maximum absolute atomic E-state index is 12.2. The van der Waals surface area contributed by atoms with Crippen molar-refractivity contribution in [3.8, 4) is 11.5 Å². The Morgan fingerprint density at radius 1 is 1.30 bits per heavy atom. The number of thioether (sulfide) groups is 1. The number of piperazine rings is 1. The van der Waals surface area contributed by atoms with Gasteiger partial charge in [-0.3, -0.25) is 4.79 Å². The van der Waals surface area contributed by atoms with Crippen LogP contribution in [0.4, 0.5) is 0 Å². The maximum Gasteiger partial charge on any atom is 0.277 e. The van der Waals surface area contributed by atoms with Gasteiger partial charge in [0.25, 0.3) is 5.22 Å². The lowest BCUT2D eigenvalue weighted by Gasteiger charge is -2.29. The molecule has 1 aliphatic rings. The number of likely N-dealkylation sites (N-methyl/N-ethyl adjacent to an activating group) is 1. The highest BCUT2D eigenvalue weighted by Gasteiger charge is 2.22. The summed E-state index contributed by atoms with van der Waals surface area (Å²) in [5.74, 6) is 0.870. The van der Waals surface area contributed by atoms with Crippen LogP contribution in [0.3, 0.4) is 0 Å². The van der Waals surface area contributed by atoms with Crippen LogP contribution in [-0.4, -0.2) is 60.0 Å². The van der Waals surface area contributed by atoms with Gasteiger partial charge in [0.15, 0.2) is 0 Å². The molecule has 0 radical (unpaired) electrons. The zero-order valence-electron chi connectivity index (χ0n) is 12.8. The average molecular weight is 354 g/mol. The van der Waals surface area contributed by atoms with Gasteiger partial charge in [-0.2, -0.15) is 0 Å². The van der Waals surface area contributed by atoms with Gasteiger partial charge >= 0.3 is 0 Å². The van der Waals surface area contributed by atoms with Crippen LogP contribution < -0.4 is 4.90 Å². The smallest absolute Gasteiger partial charge is 0.277 e. The van der Waals surface area contributed by atoms with E-state index in [-0.39, 0.29) is 5.91 Å². The van der Waals surface area contributed by atoms with Crippen molar-refractivity contribution < 1.29 is 14.1 Å². The molecule has 2 aromatic rings. The molecule has 1 amide bonds. The predicted molar refractivity (Wildman–Crippen MR) is 88.7 cm³/mol. The Labute approximate surface area is 143 Å². The molecule has 1 aromatic heterocycles. The van der Waals surface area contributed by atoms with Gasteiger partial charge in [-0.25, -0.2) is 0 Å². The summed E-state index contributed by atoms with van der Waals surface area (Å²) in [4.78, 5) is 15.5. The van der Waals surface area contributed by atoms with Crippen LogP contribution >= 0.6 is 23.4 Å². The van der Waals surface area contributed by atoms with Crippen LogP contribution in [0.15, 0.2) is 33.9 Å². The number of nitrogens with zero attached hydrogens (tertiary/aromatic N) is 3. The molecule has 0 atom stereocenters. The summed E-state index contributed by atoms with van der Waals surface area (Å²) < 4.78 is 5.59. The molecule has 6 nitrogen and oxygen atoms in total. The summed E-state index contributed by atoms with van der Waals surface area (Å²) in [6.07, 6.45) is 0. The van der Waals surface area contributed by atoms with E-state index in [2.05, 4.69) is 17.2 Å². The highest BCUT2D eigenvalue weighted by Crippen LogP contribution is 2.24. The van der Waals surface area contributed by atoms with Crippen molar-refractivity contribution in [3.05, 3.63) is 29.3 Å². The Hall–Kier alpha value is -1.57. The normalized spacial score (nSPS) is 15.8. The van der Waals surface area contributed by atoms with E-state index in [1.54, 1.807) is 12.1 Å². The molecule has 0 bridgehead atoms. The van der Waals surface area contributed by atoms with Gasteiger partial charge in [0, 0.05) is 10.6 Å². The van der Waals surface area contributed by atoms with Crippen LogP contribution in [0.2, 0.25) is 5.02 Å². The molecule has 1 aromatic carbocycles. The average Bonchev–Trinajstić information content (AvgIpc) is 3.03. The molecule has 0 unspecified atom stereocenters. The third-order valence-electron chi connectivity index (χ3n) is 3.79. The Morgan fingerprint density at radius 3 is 2.70 bits per heavy atom. The van der Waals surface area contributed by atoms with Crippen molar-refractivity contribution >= 4 is 29.3 Å². The maximum atomic E-state index is 12.2. The van der Waals surface area contributed by atoms with Crippen LogP contribution in [0.25, 0.3) is 11.5 Å². The second-order valence-electron chi connectivity index (χ2n) is 5.51. The number of benzene rings is 1. The fourth-order valence-corrected chi connectivity index (χ4v) is 3.12. The van der Waals surface area contributed by atoms with Crippen molar-refractivity contribution in [2.75, 3.05) is 39.0 Å². The van der Waals surface area contributed by atoms with E-state index >= 15 is 0 Å². The molecular formula is C15H18ClN4O2S+. The van der Waals surface area contributed by atoms with Crippen molar-refractivity contribution in [1.82, 2.24) is 15.1 Å². The highest BCUT2D eigenvalue weighted by atomic mass is 35.5. The standard InChI is InChI=1S/C15H17ClN4O2S/c1-19-6-8-20(9-7-19)13(21)10-23-15-18-17-14(22-15)11-2-4-12(16)5-3-11/h2-5H,6-10H2,1H3/p+1. The zero-order valence-corrected chi connectivity index (χ0v) is 14.4. The zero-order chi connectivity index (χ0) is 16.2. The molecule has 1 aliphatic heterocycles. The molecule has 2 heterocycles. The molecule has 0 aliphatic carbocycles. The number of carbonyl (C=O) groups excluding carboxylic acids is 1. The van der Waals surface area contributed by atoms with Crippen molar-refractivity contribution in [3.63, 3.8) is 0 Å². The second kappa shape index (κ2) is 7.33. The molecule has 1 saturated heterocycles. The molecule has 1 N–H and O–H groups in total. The van der Waals surface area contributed by atoms with Gasteiger partial charge in [0.2, 0.25) is 11.8 Å². The van der Waals surface area contributed by atoms with Crippen molar-refractivity contribution in [2.45, 2.75) is 5.22 Å². The van der Waals surface area contributed by atoms with E-state index in [0.717, 1.165) is 31.7 Å².